The minimum Gasteiger partial charge on any atom is -0.375 e. The maximum absolute atomic E-state index is 6.34. The summed E-state index contributed by atoms with van der Waals surface area (Å²) in [5.41, 5.74) is 5.21. The van der Waals surface area contributed by atoms with Crippen molar-refractivity contribution in [3.63, 3.8) is 0 Å². The van der Waals surface area contributed by atoms with Crippen molar-refractivity contribution in [3.05, 3.63) is 0 Å². The van der Waals surface area contributed by atoms with Crippen LogP contribution < -0.4 is 5.73 Å². The number of hydrogen-bond acceptors (Lipinski definition) is 4. The van der Waals surface area contributed by atoms with Gasteiger partial charge in [-0.05, 0) is 41.5 Å². The fourth-order valence-corrected chi connectivity index (χ4v) is 2.16. The van der Waals surface area contributed by atoms with E-state index in [1.165, 1.54) is 0 Å². The first-order valence-electron chi connectivity index (χ1n) is 8.44. The van der Waals surface area contributed by atoms with Gasteiger partial charge in [-0.15, -0.1) is 0 Å². The summed E-state index contributed by atoms with van der Waals surface area (Å²) >= 11 is 0. The van der Waals surface area contributed by atoms with Gasteiger partial charge in [0.2, 0.25) is 0 Å². The molecule has 0 aliphatic rings. The Morgan fingerprint density at radius 3 is 1.82 bits per heavy atom. The van der Waals surface area contributed by atoms with Crippen molar-refractivity contribution < 1.29 is 14.2 Å². The quantitative estimate of drug-likeness (QED) is 0.619. The minimum atomic E-state index is -0.257. The molecule has 0 saturated carbocycles. The van der Waals surface area contributed by atoms with Crippen molar-refractivity contribution in [2.45, 2.75) is 93.3 Å². The van der Waals surface area contributed by atoms with Crippen molar-refractivity contribution in [2.24, 2.45) is 16.6 Å². The van der Waals surface area contributed by atoms with E-state index in [0.29, 0.717) is 13.2 Å². The molecule has 0 aromatic heterocycles. The first kappa shape index (κ1) is 21.8. The Balaban J connectivity index is 4.84. The first-order valence-corrected chi connectivity index (χ1v) is 8.44. The van der Waals surface area contributed by atoms with E-state index in [1.807, 2.05) is 13.8 Å². The van der Waals surface area contributed by atoms with Gasteiger partial charge >= 0.3 is 0 Å². The molecule has 3 unspecified atom stereocenters. The topological polar surface area (TPSA) is 53.7 Å². The molecule has 3 atom stereocenters. The molecular formula is C18H39NO3. The SMILES string of the molecule is CCOC(C)(C)C(C)(C)C(C)OC(C)C(C)(C)COC(C)N. The van der Waals surface area contributed by atoms with Crippen molar-refractivity contribution >= 4 is 0 Å². The van der Waals surface area contributed by atoms with Gasteiger partial charge in [0.25, 0.3) is 0 Å². The van der Waals surface area contributed by atoms with Crippen molar-refractivity contribution in [3.8, 4) is 0 Å². The maximum atomic E-state index is 6.34. The van der Waals surface area contributed by atoms with E-state index in [0.717, 1.165) is 0 Å². The summed E-state index contributed by atoms with van der Waals surface area (Å²) < 4.78 is 17.9. The molecule has 4 nitrogen and oxygen atoms in total. The number of rotatable bonds is 10. The molecule has 0 radical (unpaired) electrons. The lowest BCUT2D eigenvalue weighted by Crippen LogP contribution is -2.51. The second-order valence-electron chi connectivity index (χ2n) is 8.09. The summed E-state index contributed by atoms with van der Waals surface area (Å²) in [5, 5.41) is 0. The van der Waals surface area contributed by atoms with Gasteiger partial charge in [0.05, 0.1) is 24.4 Å². The smallest absolute Gasteiger partial charge is 0.102 e. The van der Waals surface area contributed by atoms with E-state index in [4.69, 9.17) is 19.9 Å². The molecule has 0 bridgehead atoms. The van der Waals surface area contributed by atoms with Crippen molar-refractivity contribution in [2.75, 3.05) is 13.2 Å². The molecule has 0 aromatic carbocycles. The molecule has 0 heterocycles. The fourth-order valence-electron chi connectivity index (χ4n) is 2.16. The normalized spacial score (nSPS) is 18.1. The summed E-state index contributed by atoms with van der Waals surface area (Å²) in [6, 6.07) is 0. The molecule has 0 saturated heterocycles. The van der Waals surface area contributed by atoms with E-state index >= 15 is 0 Å². The third-order valence-electron chi connectivity index (χ3n) is 5.30. The van der Waals surface area contributed by atoms with Crippen molar-refractivity contribution in [1.29, 1.82) is 0 Å². The Bertz CT molecular complexity index is 324. The molecule has 0 spiro atoms. The van der Waals surface area contributed by atoms with Crippen LogP contribution in [0.25, 0.3) is 0 Å². The molecule has 0 aromatic rings. The lowest BCUT2D eigenvalue weighted by atomic mass is 9.72. The molecule has 4 heteroatoms. The molecule has 0 aliphatic carbocycles. The molecule has 0 amide bonds. The second kappa shape index (κ2) is 8.09. The van der Waals surface area contributed by atoms with Crippen LogP contribution in [-0.4, -0.2) is 37.3 Å². The van der Waals surface area contributed by atoms with Gasteiger partial charge < -0.3 is 19.9 Å². The van der Waals surface area contributed by atoms with Gasteiger partial charge in [-0.3, -0.25) is 0 Å². The van der Waals surface area contributed by atoms with Gasteiger partial charge in [-0.25, -0.2) is 0 Å². The highest BCUT2D eigenvalue weighted by atomic mass is 16.5. The summed E-state index contributed by atoms with van der Waals surface area (Å²) in [4.78, 5) is 0. The van der Waals surface area contributed by atoms with Crippen molar-refractivity contribution in [1.82, 2.24) is 0 Å². The van der Waals surface area contributed by atoms with Crippen LogP contribution in [0.15, 0.2) is 0 Å². The summed E-state index contributed by atoms with van der Waals surface area (Å²) in [5.74, 6) is 0. The Hall–Kier alpha value is -0.160. The molecule has 2 N–H and O–H groups in total. The lowest BCUT2D eigenvalue weighted by Gasteiger charge is -2.47. The Kier molecular flexibility index (Phi) is 8.03. The highest BCUT2D eigenvalue weighted by molar-refractivity contribution is 4.93. The van der Waals surface area contributed by atoms with E-state index in [1.54, 1.807) is 0 Å². The summed E-state index contributed by atoms with van der Waals surface area (Å²) in [6.45, 7) is 22.3. The third kappa shape index (κ3) is 5.80. The van der Waals surface area contributed by atoms with Gasteiger partial charge in [0, 0.05) is 17.4 Å². The zero-order chi connectivity index (χ0) is 17.8. The Morgan fingerprint density at radius 2 is 1.41 bits per heavy atom. The highest BCUT2D eigenvalue weighted by Gasteiger charge is 2.44. The molecule has 0 aliphatic heterocycles. The Morgan fingerprint density at radius 1 is 0.909 bits per heavy atom. The Labute approximate surface area is 138 Å². The van der Waals surface area contributed by atoms with Crippen LogP contribution in [-0.2, 0) is 14.2 Å². The van der Waals surface area contributed by atoms with Crippen LogP contribution in [0.1, 0.15) is 69.2 Å². The third-order valence-corrected chi connectivity index (χ3v) is 5.30. The fraction of sp³-hybridized carbons (Fsp3) is 1.00. The molecule has 134 valence electrons. The van der Waals surface area contributed by atoms with Crippen LogP contribution in [0, 0.1) is 10.8 Å². The molecule has 0 fully saturated rings. The molecule has 0 rings (SSSR count). The average Bonchev–Trinajstić information content (AvgIpc) is 2.35. The van der Waals surface area contributed by atoms with E-state index in [9.17, 15) is 0 Å². The van der Waals surface area contributed by atoms with Gasteiger partial charge in [-0.2, -0.15) is 0 Å². The number of ether oxygens (including phenoxy) is 3. The average molecular weight is 318 g/mol. The van der Waals surface area contributed by atoms with E-state index in [-0.39, 0.29) is 34.9 Å². The van der Waals surface area contributed by atoms with Crippen LogP contribution in [0.5, 0.6) is 0 Å². The van der Waals surface area contributed by atoms with Crippen LogP contribution in [0.3, 0.4) is 0 Å². The number of hydrogen-bond donors (Lipinski definition) is 1. The molecule has 22 heavy (non-hydrogen) atoms. The summed E-state index contributed by atoms with van der Waals surface area (Å²) in [6.07, 6.45) is -0.145. The monoisotopic (exact) mass is 317 g/mol. The summed E-state index contributed by atoms with van der Waals surface area (Å²) in [7, 11) is 0. The van der Waals surface area contributed by atoms with Crippen LogP contribution >= 0.6 is 0 Å². The predicted octanol–water partition coefficient (Wildman–Crippen LogP) is 3.97. The minimum absolute atomic E-state index is 0.0537. The predicted molar refractivity (Wildman–Crippen MR) is 92.9 cm³/mol. The standard InChI is InChI=1S/C18H39NO3/c1-11-21-18(9,10)17(7,8)14(3)22-13(2)16(5,6)12-20-15(4)19/h13-15H,11-12,19H2,1-10H3. The zero-order valence-electron chi connectivity index (χ0n) is 16.4. The van der Waals surface area contributed by atoms with E-state index in [2.05, 4.69) is 55.4 Å². The number of nitrogens with two attached hydrogens (primary N) is 1. The van der Waals surface area contributed by atoms with Crippen LogP contribution in [0.2, 0.25) is 0 Å². The first-order chi connectivity index (χ1) is 9.78. The van der Waals surface area contributed by atoms with Gasteiger partial charge in [0.1, 0.15) is 6.23 Å². The zero-order valence-corrected chi connectivity index (χ0v) is 16.4. The maximum Gasteiger partial charge on any atom is 0.102 e. The second-order valence-corrected chi connectivity index (χ2v) is 8.09. The molecular weight excluding hydrogens is 278 g/mol. The van der Waals surface area contributed by atoms with Gasteiger partial charge in [-0.1, -0.05) is 27.7 Å². The van der Waals surface area contributed by atoms with Gasteiger partial charge in [0.15, 0.2) is 0 Å². The van der Waals surface area contributed by atoms with Crippen LogP contribution in [0.4, 0.5) is 0 Å². The highest BCUT2D eigenvalue weighted by Crippen LogP contribution is 2.40. The lowest BCUT2D eigenvalue weighted by molar-refractivity contribution is -0.181. The van der Waals surface area contributed by atoms with E-state index < -0.39 is 0 Å². The largest absolute Gasteiger partial charge is 0.375 e.